The number of hydrogen-bond acceptors (Lipinski definition) is 8. The van der Waals surface area contributed by atoms with Crippen molar-refractivity contribution in [3.63, 3.8) is 0 Å². The molecule has 0 spiro atoms. The number of rotatable bonds is 8. The van der Waals surface area contributed by atoms with E-state index in [0.717, 1.165) is 22.4 Å². The zero-order valence-electron chi connectivity index (χ0n) is 17.5. The van der Waals surface area contributed by atoms with E-state index in [1.165, 1.54) is 12.1 Å². The van der Waals surface area contributed by atoms with Gasteiger partial charge in [0.25, 0.3) is 0 Å². The van der Waals surface area contributed by atoms with Crippen LogP contribution >= 0.6 is 11.3 Å². The van der Waals surface area contributed by atoms with Crippen LogP contribution in [0.1, 0.15) is 6.42 Å². The Kier molecular flexibility index (Phi) is 6.37. The zero-order chi connectivity index (χ0) is 22.7. The van der Waals surface area contributed by atoms with E-state index in [2.05, 4.69) is 20.5 Å². The fourth-order valence-corrected chi connectivity index (χ4v) is 3.78. The van der Waals surface area contributed by atoms with E-state index < -0.39 is 11.6 Å². The highest BCUT2D eigenvalue weighted by molar-refractivity contribution is 7.08. The second-order valence-corrected chi connectivity index (χ2v) is 8.08. The summed E-state index contributed by atoms with van der Waals surface area (Å²) in [6, 6.07) is 6.43. The number of halogens is 2. The lowest BCUT2D eigenvalue weighted by Crippen LogP contribution is -2.16. The van der Waals surface area contributed by atoms with Crippen molar-refractivity contribution in [3.8, 4) is 34.0 Å². The molecule has 0 fully saturated rings. The van der Waals surface area contributed by atoms with Gasteiger partial charge in [0.15, 0.2) is 17.4 Å². The molecule has 0 saturated carbocycles. The predicted octanol–water partition coefficient (Wildman–Crippen LogP) is 3.64. The van der Waals surface area contributed by atoms with Crippen molar-refractivity contribution in [3.05, 3.63) is 52.9 Å². The molecule has 0 atom stereocenters. The van der Waals surface area contributed by atoms with E-state index in [9.17, 15) is 8.78 Å². The van der Waals surface area contributed by atoms with Crippen molar-refractivity contribution >= 4 is 17.2 Å². The van der Waals surface area contributed by atoms with Gasteiger partial charge in [-0.05, 0) is 71.5 Å². The molecule has 3 heterocycles. The van der Waals surface area contributed by atoms with Gasteiger partial charge in [0.2, 0.25) is 5.82 Å². The molecule has 166 valence electrons. The topological polar surface area (TPSA) is 95.0 Å². The molecule has 8 nitrogen and oxygen atoms in total. The minimum absolute atomic E-state index is 0.144. The van der Waals surface area contributed by atoms with Crippen molar-refractivity contribution in [2.45, 2.75) is 6.42 Å². The van der Waals surface area contributed by atoms with Crippen LogP contribution in [0.15, 0.2) is 41.2 Å². The number of anilines is 1. The average Bonchev–Trinajstić information content (AvgIpc) is 3.47. The van der Waals surface area contributed by atoms with Crippen LogP contribution in [0.25, 0.3) is 28.2 Å². The molecular formula is C21H21F2N7OS. The highest BCUT2D eigenvalue weighted by Crippen LogP contribution is 2.32. The Hall–Kier alpha value is -3.44. The summed E-state index contributed by atoms with van der Waals surface area (Å²) < 4.78 is 36.1. The van der Waals surface area contributed by atoms with Crippen molar-refractivity contribution in [1.82, 2.24) is 30.1 Å². The molecule has 2 N–H and O–H groups in total. The summed E-state index contributed by atoms with van der Waals surface area (Å²) in [6.07, 6.45) is 2.32. The number of benzene rings is 1. The first-order valence-electron chi connectivity index (χ1n) is 9.78. The van der Waals surface area contributed by atoms with Crippen LogP contribution < -0.4 is 10.5 Å². The van der Waals surface area contributed by atoms with E-state index in [1.54, 1.807) is 23.6 Å². The van der Waals surface area contributed by atoms with Crippen LogP contribution in [-0.4, -0.2) is 57.3 Å². The fourth-order valence-electron chi connectivity index (χ4n) is 3.12. The molecule has 4 rings (SSSR count). The summed E-state index contributed by atoms with van der Waals surface area (Å²) in [6.45, 7) is 1.04. The molecule has 0 bridgehead atoms. The summed E-state index contributed by atoms with van der Waals surface area (Å²) in [7, 11) is 3.86. The third-order valence-electron chi connectivity index (χ3n) is 4.75. The molecule has 0 saturated heterocycles. The Morgan fingerprint density at radius 3 is 2.75 bits per heavy atom. The third kappa shape index (κ3) is 4.43. The van der Waals surface area contributed by atoms with E-state index in [0.29, 0.717) is 12.0 Å². The minimum atomic E-state index is -1.12. The molecule has 4 aromatic rings. The number of nitrogen functional groups attached to an aromatic ring is 1. The molecule has 3 aromatic heterocycles. The quantitative estimate of drug-likeness (QED) is 0.404. The van der Waals surface area contributed by atoms with Gasteiger partial charge in [-0.25, -0.2) is 9.37 Å². The third-order valence-corrected chi connectivity index (χ3v) is 5.43. The van der Waals surface area contributed by atoms with E-state index in [1.807, 2.05) is 35.8 Å². The zero-order valence-corrected chi connectivity index (χ0v) is 18.3. The number of hydrogen-bond donors (Lipinski definition) is 1. The first-order valence-corrected chi connectivity index (χ1v) is 10.7. The summed E-state index contributed by atoms with van der Waals surface area (Å²) in [5, 5.41) is 15.4. The predicted molar refractivity (Wildman–Crippen MR) is 119 cm³/mol. The Morgan fingerprint density at radius 1 is 1.16 bits per heavy atom. The summed E-state index contributed by atoms with van der Waals surface area (Å²) in [5.41, 5.74) is 8.05. The number of nitrogens with two attached hydrogens (primary N) is 1. The molecule has 11 heteroatoms. The highest BCUT2D eigenvalue weighted by Gasteiger charge is 2.22. The van der Waals surface area contributed by atoms with Gasteiger partial charge >= 0.3 is 0 Å². The van der Waals surface area contributed by atoms with Gasteiger partial charge in [0, 0.05) is 18.3 Å². The normalized spacial score (nSPS) is 11.3. The molecular weight excluding hydrogens is 436 g/mol. The van der Waals surface area contributed by atoms with Gasteiger partial charge in [0.1, 0.15) is 11.5 Å². The van der Waals surface area contributed by atoms with E-state index in [4.69, 9.17) is 10.5 Å². The average molecular weight is 458 g/mol. The van der Waals surface area contributed by atoms with Crippen LogP contribution in [-0.2, 0) is 0 Å². The number of ether oxygens (including phenoxy) is 1. The van der Waals surface area contributed by atoms with Crippen LogP contribution in [0.3, 0.4) is 0 Å². The van der Waals surface area contributed by atoms with Crippen molar-refractivity contribution in [2.75, 3.05) is 33.0 Å². The van der Waals surface area contributed by atoms with E-state index in [-0.39, 0.29) is 29.7 Å². The molecule has 0 aliphatic carbocycles. The number of thiophene rings is 1. The lowest BCUT2D eigenvalue weighted by Gasteiger charge is -2.13. The van der Waals surface area contributed by atoms with E-state index >= 15 is 0 Å². The van der Waals surface area contributed by atoms with Gasteiger partial charge < -0.3 is 15.4 Å². The van der Waals surface area contributed by atoms with Gasteiger partial charge in [-0.2, -0.15) is 20.4 Å². The molecule has 0 unspecified atom stereocenters. The van der Waals surface area contributed by atoms with Crippen LogP contribution in [0.4, 0.5) is 14.6 Å². The van der Waals surface area contributed by atoms with Crippen LogP contribution in [0.2, 0.25) is 0 Å². The van der Waals surface area contributed by atoms with Crippen molar-refractivity contribution in [1.29, 1.82) is 0 Å². The number of pyridine rings is 1. The van der Waals surface area contributed by atoms with Gasteiger partial charge in [-0.1, -0.05) is 0 Å². The Morgan fingerprint density at radius 2 is 2.00 bits per heavy atom. The molecule has 1 aromatic carbocycles. The summed E-state index contributed by atoms with van der Waals surface area (Å²) >= 11 is 1.55. The Balaban J connectivity index is 1.66. The van der Waals surface area contributed by atoms with Crippen LogP contribution in [0, 0.1) is 11.6 Å². The first-order chi connectivity index (χ1) is 15.5. The van der Waals surface area contributed by atoms with Crippen LogP contribution in [0.5, 0.6) is 5.75 Å². The molecule has 0 radical (unpaired) electrons. The monoisotopic (exact) mass is 457 g/mol. The molecule has 0 aliphatic rings. The number of aromatic nitrogens is 5. The highest BCUT2D eigenvalue weighted by atomic mass is 32.1. The standard InChI is InChI=1S/C21H21F2N7OS/c1-29(2)7-3-8-31-17-5-4-16(18(22)19(17)23)30-21(26-27-28-30)15-10-14(11-25-20(15)24)13-6-9-32-12-13/h4-6,9-12H,3,7-8H2,1-2H3,(H2,24,25). The Labute approximate surface area is 187 Å². The fraction of sp³-hybridized carbons (Fsp3) is 0.238. The molecule has 32 heavy (non-hydrogen) atoms. The van der Waals surface area contributed by atoms with Gasteiger partial charge in [-0.15, -0.1) is 5.10 Å². The maximum Gasteiger partial charge on any atom is 0.202 e. The number of tetrazole rings is 1. The lowest BCUT2D eigenvalue weighted by atomic mass is 10.1. The summed E-state index contributed by atoms with van der Waals surface area (Å²) in [5.74, 6) is -2.08. The summed E-state index contributed by atoms with van der Waals surface area (Å²) in [4.78, 5) is 6.20. The molecule has 0 aliphatic heterocycles. The molecule has 0 amide bonds. The lowest BCUT2D eigenvalue weighted by molar-refractivity contribution is 0.267. The maximum atomic E-state index is 14.9. The largest absolute Gasteiger partial charge is 0.490 e. The Bertz CT molecular complexity index is 1210. The maximum absolute atomic E-state index is 14.9. The van der Waals surface area contributed by atoms with Gasteiger partial charge in [0.05, 0.1) is 12.2 Å². The SMILES string of the molecule is CN(C)CCCOc1ccc(-n2nnnc2-c2cc(-c3ccsc3)cnc2N)c(F)c1F. The minimum Gasteiger partial charge on any atom is -0.490 e. The number of nitrogens with zero attached hydrogens (tertiary/aromatic N) is 6. The second-order valence-electron chi connectivity index (χ2n) is 7.30. The van der Waals surface area contributed by atoms with Crippen molar-refractivity contribution < 1.29 is 13.5 Å². The first kappa shape index (κ1) is 21.8. The smallest absolute Gasteiger partial charge is 0.202 e. The van der Waals surface area contributed by atoms with Gasteiger partial charge in [-0.3, -0.25) is 0 Å². The van der Waals surface area contributed by atoms with Crippen molar-refractivity contribution in [2.24, 2.45) is 0 Å². The second kappa shape index (κ2) is 9.37.